The molecule has 4 saturated carbocycles. The standard InChI is InChI=1S/C23H26N6O3/c1-26(12-18-13-27-5-3-2-4-20(27)24-18)22(30)21-19(29(31)32)14-28(25-21)23-9-15-6-16(10-23)8-17(7-15)11-23/h2-5,13-17H,6-12H2,1H3. The van der Waals surface area contributed by atoms with Crippen LogP contribution in [0.25, 0.3) is 5.65 Å². The van der Waals surface area contributed by atoms with Crippen LogP contribution in [0.1, 0.15) is 54.7 Å². The first kappa shape index (κ1) is 19.5. The number of carbonyl (C=O) groups excluding carboxylic acids is 1. The quantitative estimate of drug-likeness (QED) is 0.451. The third-order valence-corrected chi connectivity index (χ3v) is 7.75. The largest absolute Gasteiger partial charge is 0.334 e. The molecule has 3 aromatic rings. The molecule has 7 rings (SSSR count). The van der Waals surface area contributed by atoms with Crippen LogP contribution in [-0.2, 0) is 12.1 Å². The Labute approximate surface area is 185 Å². The highest BCUT2D eigenvalue weighted by atomic mass is 16.6. The monoisotopic (exact) mass is 434 g/mol. The van der Waals surface area contributed by atoms with Crippen molar-refractivity contribution in [3.05, 3.63) is 58.3 Å². The molecule has 32 heavy (non-hydrogen) atoms. The number of nitro groups is 1. The third-order valence-electron chi connectivity index (χ3n) is 7.75. The van der Waals surface area contributed by atoms with Crippen LogP contribution in [0.4, 0.5) is 5.69 Å². The van der Waals surface area contributed by atoms with Crippen molar-refractivity contribution < 1.29 is 9.72 Å². The Morgan fingerprint density at radius 3 is 2.50 bits per heavy atom. The fourth-order valence-corrected chi connectivity index (χ4v) is 6.80. The van der Waals surface area contributed by atoms with Gasteiger partial charge in [-0.05, 0) is 68.4 Å². The minimum Gasteiger partial charge on any atom is -0.334 e. The van der Waals surface area contributed by atoms with E-state index in [1.165, 1.54) is 30.4 Å². The zero-order valence-electron chi connectivity index (χ0n) is 18.1. The SMILES string of the molecule is CN(Cc1cn2ccccc2n1)C(=O)c1nn(C23CC4CC(CC(C4)C2)C3)cc1[N+](=O)[O-]. The number of imidazole rings is 1. The Morgan fingerprint density at radius 2 is 1.88 bits per heavy atom. The second-order valence-electron chi connectivity index (χ2n) is 10.1. The Bertz CT molecular complexity index is 1160. The summed E-state index contributed by atoms with van der Waals surface area (Å²) in [4.78, 5) is 30.6. The lowest BCUT2D eigenvalue weighted by atomic mass is 9.53. The number of hydrogen-bond acceptors (Lipinski definition) is 5. The van der Waals surface area contributed by atoms with Gasteiger partial charge in [0.15, 0.2) is 0 Å². The minimum absolute atomic E-state index is 0.0722. The molecule has 4 aliphatic carbocycles. The van der Waals surface area contributed by atoms with Crippen LogP contribution in [-0.4, -0.2) is 41.9 Å². The molecule has 9 heteroatoms. The first-order valence-electron chi connectivity index (χ1n) is 11.3. The lowest BCUT2D eigenvalue weighted by molar-refractivity contribution is -0.385. The Morgan fingerprint density at radius 1 is 1.19 bits per heavy atom. The first-order valence-corrected chi connectivity index (χ1v) is 11.3. The van der Waals surface area contributed by atoms with Crippen LogP contribution < -0.4 is 0 Å². The van der Waals surface area contributed by atoms with E-state index >= 15 is 0 Å². The predicted molar refractivity (Wildman–Crippen MR) is 116 cm³/mol. The van der Waals surface area contributed by atoms with Crippen molar-refractivity contribution in [1.29, 1.82) is 0 Å². The number of amides is 1. The molecule has 0 unspecified atom stereocenters. The number of hydrogen-bond donors (Lipinski definition) is 0. The zero-order valence-corrected chi connectivity index (χ0v) is 18.1. The van der Waals surface area contributed by atoms with Crippen molar-refractivity contribution in [2.45, 2.75) is 50.6 Å². The average Bonchev–Trinajstić information content (AvgIpc) is 3.37. The van der Waals surface area contributed by atoms with Gasteiger partial charge in [0.1, 0.15) is 11.8 Å². The van der Waals surface area contributed by atoms with Gasteiger partial charge in [-0.15, -0.1) is 0 Å². The molecule has 3 aromatic heterocycles. The zero-order chi connectivity index (χ0) is 22.0. The minimum atomic E-state index is -0.476. The topological polar surface area (TPSA) is 98.6 Å². The maximum Gasteiger partial charge on any atom is 0.320 e. The second-order valence-corrected chi connectivity index (χ2v) is 10.1. The van der Waals surface area contributed by atoms with Crippen LogP contribution in [0.15, 0.2) is 36.8 Å². The van der Waals surface area contributed by atoms with Gasteiger partial charge in [0.05, 0.1) is 22.7 Å². The Kier molecular flexibility index (Phi) is 4.18. The molecule has 0 N–H and O–H groups in total. The molecule has 0 spiro atoms. The number of rotatable bonds is 5. The van der Waals surface area contributed by atoms with Gasteiger partial charge in [0, 0.05) is 19.4 Å². The molecule has 0 aromatic carbocycles. The summed E-state index contributed by atoms with van der Waals surface area (Å²) in [6.45, 7) is 0.252. The molecular formula is C23H26N6O3. The Hall–Kier alpha value is -3.23. The highest BCUT2D eigenvalue weighted by Crippen LogP contribution is 2.58. The van der Waals surface area contributed by atoms with Crippen molar-refractivity contribution >= 4 is 17.2 Å². The van der Waals surface area contributed by atoms with E-state index in [1.807, 2.05) is 35.0 Å². The van der Waals surface area contributed by atoms with Gasteiger partial charge in [-0.1, -0.05) is 6.07 Å². The highest BCUT2D eigenvalue weighted by Gasteiger charge is 2.53. The lowest BCUT2D eigenvalue weighted by Gasteiger charge is -2.56. The summed E-state index contributed by atoms with van der Waals surface area (Å²) in [5, 5.41) is 16.4. The van der Waals surface area contributed by atoms with E-state index in [-0.39, 0.29) is 23.5 Å². The predicted octanol–water partition coefficient (Wildman–Crippen LogP) is 3.64. The molecule has 4 aliphatic rings. The maximum absolute atomic E-state index is 13.2. The van der Waals surface area contributed by atoms with Crippen molar-refractivity contribution in [2.24, 2.45) is 17.8 Å². The van der Waals surface area contributed by atoms with E-state index in [9.17, 15) is 14.9 Å². The molecule has 4 bridgehead atoms. The van der Waals surface area contributed by atoms with Gasteiger partial charge >= 0.3 is 5.69 Å². The molecule has 4 fully saturated rings. The van der Waals surface area contributed by atoms with Crippen LogP contribution in [0.3, 0.4) is 0 Å². The molecule has 0 atom stereocenters. The fraction of sp³-hybridized carbons (Fsp3) is 0.522. The molecule has 0 radical (unpaired) electrons. The number of fused-ring (bicyclic) bond motifs is 1. The lowest BCUT2D eigenvalue weighted by Crippen LogP contribution is -2.52. The van der Waals surface area contributed by atoms with E-state index in [0.29, 0.717) is 17.8 Å². The maximum atomic E-state index is 13.2. The summed E-state index contributed by atoms with van der Waals surface area (Å²) >= 11 is 0. The number of pyridine rings is 1. The molecule has 0 aliphatic heterocycles. The fourth-order valence-electron chi connectivity index (χ4n) is 6.80. The summed E-state index contributed by atoms with van der Waals surface area (Å²) < 4.78 is 3.68. The average molecular weight is 435 g/mol. The summed E-state index contributed by atoms with van der Waals surface area (Å²) in [5.41, 5.74) is 1.07. The van der Waals surface area contributed by atoms with E-state index in [0.717, 1.165) is 30.6 Å². The van der Waals surface area contributed by atoms with Crippen LogP contribution in [0.5, 0.6) is 0 Å². The third kappa shape index (κ3) is 3.02. The summed E-state index contributed by atoms with van der Waals surface area (Å²) in [6.07, 6.45) is 12.1. The second kappa shape index (κ2) is 6.88. The molecule has 3 heterocycles. The van der Waals surface area contributed by atoms with E-state index in [4.69, 9.17) is 0 Å². The van der Waals surface area contributed by atoms with Crippen molar-refractivity contribution in [3.8, 4) is 0 Å². The normalized spacial score (nSPS) is 28.3. The summed E-state index contributed by atoms with van der Waals surface area (Å²) in [6, 6.07) is 5.71. The van der Waals surface area contributed by atoms with Crippen molar-refractivity contribution in [1.82, 2.24) is 24.1 Å². The molecule has 166 valence electrons. The summed E-state index contributed by atoms with van der Waals surface area (Å²) in [7, 11) is 1.64. The highest BCUT2D eigenvalue weighted by molar-refractivity contribution is 5.95. The van der Waals surface area contributed by atoms with Gasteiger partial charge in [-0.2, -0.15) is 5.10 Å². The van der Waals surface area contributed by atoms with Gasteiger partial charge in [0.25, 0.3) is 5.91 Å². The van der Waals surface area contributed by atoms with Crippen LogP contribution in [0.2, 0.25) is 0 Å². The van der Waals surface area contributed by atoms with E-state index in [1.54, 1.807) is 11.7 Å². The summed E-state index contributed by atoms with van der Waals surface area (Å²) in [5.74, 6) is 1.60. The molecule has 9 nitrogen and oxygen atoms in total. The van der Waals surface area contributed by atoms with Crippen LogP contribution >= 0.6 is 0 Å². The number of aromatic nitrogens is 4. The van der Waals surface area contributed by atoms with Gasteiger partial charge in [0.2, 0.25) is 5.69 Å². The van der Waals surface area contributed by atoms with Crippen LogP contribution in [0, 0.1) is 27.9 Å². The van der Waals surface area contributed by atoms with Crippen molar-refractivity contribution in [2.75, 3.05) is 7.05 Å². The molecule has 1 amide bonds. The Balaban J connectivity index is 1.30. The van der Waals surface area contributed by atoms with Gasteiger partial charge in [-0.25, -0.2) is 4.98 Å². The smallest absolute Gasteiger partial charge is 0.320 e. The van der Waals surface area contributed by atoms with Gasteiger partial charge < -0.3 is 9.30 Å². The van der Waals surface area contributed by atoms with E-state index in [2.05, 4.69) is 10.1 Å². The van der Waals surface area contributed by atoms with E-state index < -0.39 is 10.8 Å². The molecular weight excluding hydrogens is 408 g/mol. The first-order chi connectivity index (χ1) is 15.4. The van der Waals surface area contributed by atoms with Crippen molar-refractivity contribution in [3.63, 3.8) is 0 Å². The molecule has 0 saturated heterocycles. The number of nitrogens with zero attached hydrogens (tertiary/aromatic N) is 6. The van der Waals surface area contributed by atoms with Gasteiger partial charge in [-0.3, -0.25) is 19.6 Å². The number of carbonyl (C=O) groups is 1.